The lowest BCUT2D eigenvalue weighted by molar-refractivity contribution is -0.130. The van der Waals surface area contributed by atoms with Crippen LogP contribution >= 0.6 is 34.8 Å². The van der Waals surface area contributed by atoms with Crippen molar-refractivity contribution in [1.82, 2.24) is 4.90 Å². The molecule has 0 spiro atoms. The molecule has 1 heterocycles. The molecule has 0 bridgehead atoms. The van der Waals surface area contributed by atoms with Crippen molar-refractivity contribution in [3.8, 4) is 0 Å². The maximum absolute atomic E-state index is 12.6. The maximum Gasteiger partial charge on any atom is 0.226 e. The number of benzene rings is 2. The molecule has 1 aliphatic heterocycles. The number of nitrogens with zero attached hydrogens (tertiary/aromatic N) is 1. The van der Waals surface area contributed by atoms with Crippen LogP contribution in [0.25, 0.3) is 0 Å². The van der Waals surface area contributed by atoms with Crippen LogP contribution in [0.15, 0.2) is 42.5 Å². The fourth-order valence-corrected chi connectivity index (χ4v) is 3.78. The Morgan fingerprint density at radius 1 is 1.00 bits per heavy atom. The summed E-state index contributed by atoms with van der Waals surface area (Å²) in [6, 6.07) is 13.2. The number of likely N-dealkylation sites (tertiary alicyclic amines) is 1. The number of hydrogen-bond donors (Lipinski definition) is 0. The van der Waals surface area contributed by atoms with Gasteiger partial charge < -0.3 is 4.90 Å². The average molecular weight is 383 g/mol. The summed E-state index contributed by atoms with van der Waals surface area (Å²) < 4.78 is 0. The lowest BCUT2D eigenvalue weighted by Crippen LogP contribution is -2.30. The highest BCUT2D eigenvalue weighted by atomic mass is 35.5. The van der Waals surface area contributed by atoms with E-state index >= 15 is 0 Å². The summed E-state index contributed by atoms with van der Waals surface area (Å²) in [7, 11) is 0. The molecule has 0 aliphatic carbocycles. The minimum Gasteiger partial charge on any atom is -0.342 e. The fourth-order valence-electron chi connectivity index (χ4n) is 3.10. The van der Waals surface area contributed by atoms with E-state index in [4.69, 9.17) is 34.8 Å². The van der Waals surface area contributed by atoms with Crippen molar-refractivity contribution in [2.24, 2.45) is 5.92 Å². The quantitative estimate of drug-likeness (QED) is 0.689. The van der Waals surface area contributed by atoms with Crippen molar-refractivity contribution in [2.45, 2.75) is 19.3 Å². The Kier molecular flexibility index (Phi) is 5.70. The van der Waals surface area contributed by atoms with Crippen molar-refractivity contribution in [1.29, 1.82) is 0 Å². The normalized spacial score (nSPS) is 17.5. The summed E-state index contributed by atoms with van der Waals surface area (Å²) in [5.41, 5.74) is 2.06. The van der Waals surface area contributed by atoms with Gasteiger partial charge in [0.15, 0.2) is 0 Å². The van der Waals surface area contributed by atoms with E-state index < -0.39 is 0 Å². The van der Waals surface area contributed by atoms with Gasteiger partial charge >= 0.3 is 0 Å². The Labute approximate surface area is 157 Å². The first-order chi connectivity index (χ1) is 11.5. The van der Waals surface area contributed by atoms with Crippen molar-refractivity contribution >= 4 is 40.7 Å². The van der Waals surface area contributed by atoms with Gasteiger partial charge in [-0.1, -0.05) is 53.0 Å². The third-order valence-electron chi connectivity index (χ3n) is 4.50. The Morgan fingerprint density at radius 3 is 2.33 bits per heavy atom. The van der Waals surface area contributed by atoms with Crippen molar-refractivity contribution < 1.29 is 4.79 Å². The van der Waals surface area contributed by atoms with Gasteiger partial charge in [0.25, 0.3) is 0 Å². The first-order valence-electron chi connectivity index (χ1n) is 8.00. The van der Waals surface area contributed by atoms with Crippen molar-refractivity contribution in [3.05, 3.63) is 68.7 Å². The molecule has 1 unspecified atom stereocenters. The molecule has 0 saturated carbocycles. The molecule has 24 heavy (non-hydrogen) atoms. The Morgan fingerprint density at radius 2 is 1.67 bits per heavy atom. The van der Waals surface area contributed by atoms with Gasteiger partial charge in [0.2, 0.25) is 5.91 Å². The van der Waals surface area contributed by atoms with E-state index in [2.05, 4.69) is 0 Å². The first kappa shape index (κ1) is 17.6. The molecule has 0 radical (unpaired) electrons. The molecule has 0 N–H and O–H groups in total. The van der Waals surface area contributed by atoms with Crippen LogP contribution in [-0.2, 0) is 17.6 Å². The van der Waals surface area contributed by atoms with Crippen LogP contribution < -0.4 is 0 Å². The second-order valence-corrected chi connectivity index (χ2v) is 7.34. The standard InChI is InChI=1S/C19H18Cl3NO/c20-15-6-4-13(5-7-15)8-10-23-11-9-14(19(23)24)12-16-17(21)2-1-3-18(16)22/h1-7,14H,8-12H2. The van der Waals surface area contributed by atoms with E-state index in [1.54, 1.807) is 0 Å². The van der Waals surface area contributed by atoms with Crippen molar-refractivity contribution in [3.63, 3.8) is 0 Å². The molecule has 1 aliphatic rings. The predicted octanol–water partition coefficient (Wildman–Crippen LogP) is 5.28. The lowest BCUT2D eigenvalue weighted by Gasteiger charge is -2.17. The van der Waals surface area contributed by atoms with Crippen molar-refractivity contribution in [2.75, 3.05) is 13.1 Å². The summed E-state index contributed by atoms with van der Waals surface area (Å²) in [4.78, 5) is 14.6. The maximum atomic E-state index is 12.6. The summed E-state index contributed by atoms with van der Waals surface area (Å²) in [6.07, 6.45) is 2.29. The van der Waals surface area contributed by atoms with Crippen LogP contribution in [0.5, 0.6) is 0 Å². The monoisotopic (exact) mass is 381 g/mol. The Balaban J connectivity index is 1.59. The first-order valence-corrected chi connectivity index (χ1v) is 9.14. The van der Waals surface area contributed by atoms with Crippen LogP contribution in [0, 0.1) is 5.92 Å². The molecule has 1 atom stereocenters. The topological polar surface area (TPSA) is 20.3 Å². The molecule has 2 aromatic carbocycles. The molecule has 0 aromatic heterocycles. The third kappa shape index (κ3) is 4.05. The molecule has 126 valence electrons. The summed E-state index contributed by atoms with van der Waals surface area (Å²) >= 11 is 18.3. The fraction of sp³-hybridized carbons (Fsp3) is 0.316. The zero-order chi connectivity index (χ0) is 17.1. The highest BCUT2D eigenvalue weighted by molar-refractivity contribution is 6.36. The molecular formula is C19H18Cl3NO. The number of carbonyl (C=O) groups excluding carboxylic acids is 1. The molecule has 1 saturated heterocycles. The smallest absolute Gasteiger partial charge is 0.226 e. The van der Waals surface area contributed by atoms with Gasteiger partial charge in [0, 0.05) is 34.1 Å². The zero-order valence-corrected chi connectivity index (χ0v) is 15.4. The number of carbonyl (C=O) groups is 1. The van der Waals surface area contributed by atoms with E-state index in [1.807, 2.05) is 47.4 Å². The van der Waals surface area contributed by atoms with Gasteiger partial charge in [0.05, 0.1) is 0 Å². The van der Waals surface area contributed by atoms with E-state index in [0.29, 0.717) is 16.5 Å². The van der Waals surface area contributed by atoms with E-state index in [-0.39, 0.29) is 11.8 Å². The SMILES string of the molecule is O=C1C(Cc2c(Cl)cccc2Cl)CCN1CCc1ccc(Cl)cc1. The Hall–Kier alpha value is -1.22. The predicted molar refractivity (Wildman–Crippen MR) is 100 cm³/mol. The van der Waals surface area contributed by atoms with Crippen LogP contribution in [0.1, 0.15) is 17.5 Å². The lowest BCUT2D eigenvalue weighted by atomic mass is 9.98. The van der Waals surface area contributed by atoms with E-state index in [1.165, 1.54) is 5.56 Å². The van der Waals surface area contributed by atoms with Gasteiger partial charge in [-0.15, -0.1) is 0 Å². The highest BCUT2D eigenvalue weighted by Gasteiger charge is 2.32. The molecule has 2 aromatic rings. The summed E-state index contributed by atoms with van der Waals surface area (Å²) in [5, 5.41) is 2.00. The van der Waals surface area contributed by atoms with Crippen LogP contribution in [0.3, 0.4) is 0 Å². The molecule has 1 fully saturated rings. The average Bonchev–Trinajstić information content (AvgIpc) is 2.91. The van der Waals surface area contributed by atoms with E-state index in [0.717, 1.165) is 36.5 Å². The van der Waals surface area contributed by atoms with Gasteiger partial charge in [-0.2, -0.15) is 0 Å². The van der Waals surface area contributed by atoms with E-state index in [9.17, 15) is 4.79 Å². The molecule has 5 heteroatoms. The minimum absolute atomic E-state index is 0.0346. The van der Waals surface area contributed by atoms with Crippen LogP contribution in [-0.4, -0.2) is 23.9 Å². The number of halogens is 3. The number of amides is 1. The highest BCUT2D eigenvalue weighted by Crippen LogP contribution is 2.30. The zero-order valence-electron chi connectivity index (χ0n) is 13.1. The second kappa shape index (κ2) is 7.77. The van der Waals surface area contributed by atoms with Crippen LogP contribution in [0.4, 0.5) is 0 Å². The van der Waals surface area contributed by atoms with Gasteiger partial charge in [-0.05, 0) is 54.7 Å². The molecule has 3 rings (SSSR count). The van der Waals surface area contributed by atoms with Crippen LogP contribution in [0.2, 0.25) is 15.1 Å². The third-order valence-corrected chi connectivity index (χ3v) is 5.46. The van der Waals surface area contributed by atoms with Gasteiger partial charge in [-0.25, -0.2) is 0 Å². The number of rotatable bonds is 5. The second-order valence-electron chi connectivity index (χ2n) is 6.09. The van der Waals surface area contributed by atoms with Gasteiger partial charge in [-0.3, -0.25) is 4.79 Å². The summed E-state index contributed by atoms with van der Waals surface area (Å²) in [5.74, 6) is 0.160. The number of hydrogen-bond acceptors (Lipinski definition) is 1. The molecule has 1 amide bonds. The molecule has 2 nitrogen and oxygen atoms in total. The largest absolute Gasteiger partial charge is 0.342 e. The summed E-state index contributed by atoms with van der Waals surface area (Å²) in [6.45, 7) is 1.52. The van der Waals surface area contributed by atoms with Gasteiger partial charge in [0.1, 0.15) is 0 Å². The molecular weight excluding hydrogens is 365 g/mol. The Bertz CT molecular complexity index is 710. The minimum atomic E-state index is -0.0346.